The normalized spacial score (nSPS) is 29.1. The summed E-state index contributed by atoms with van der Waals surface area (Å²) in [6, 6.07) is 5.02. The Morgan fingerprint density at radius 2 is 1.95 bits per heavy atom. The lowest BCUT2D eigenvalue weighted by molar-refractivity contribution is 0.187. The van der Waals surface area contributed by atoms with Crippen LogP contribution in [0, 0.1) is 17.8 Å². The molecule has 0 bridgehead atoms. The van der Waals surface area contributed by atoms with Gasteiger partial charge in [-0.05, 0) is 61.4 Å². The fourth-order valence-corrected chi connectivity index (χ4v) is 5.05. The zero-order valence-corrected chi connectivity index (χ0v) is 13.1. The fraction of sp³-hybridized carbons (Fsp3) is 0.765. The largest absolute Gasteiger partial charge is 0.396 e. The summed E-state index contributed by atoms with van der Waals surface area (Å²) in [5, 5.41) is 15.5. The molecule has 3 rings (SSSR count). The molecule has 2 N–H and O–H groups in total. The molecule has 1 aromatic heterocycles. The number of aliphatic hydroxyl groups is 1. The van der Waals surface area contributed by atoms with Crippen LogP contribution in [0.5, 0.6) is 0 Å². The highest BCUT2D eigenvalue weighted by atomic mass is 32.1. The van der Waals surface area contributed by atoms with Crippen LogP contribution in [-0.2, 0) is 0 Å². The lowest BCUT2D eigenvalue weighted by Gasteiger charge is -2.27. The summed E-state index contributed by atoms with van der Waals surface area (Å²) < 4.78 is 0. The predicted molar refractivity (Wildman–Crippen MR) is 84.9 cm³/mol. The van der Waals surface area contributed by atoms with E-state index in [2.05, 4.69) is 22.8 Å². The monoisotopic (exact) mass is 293 g/mol. The van der Waals surface area contributed by atoms with Gasteiger partial charge in [0.05, 0.1) is 0 Å². The first-order valence-electron chi connectivity index (χ1n) is 8.26. The second-order valence-electron chi connectivity index (χ2n) is 6.58. The molecule has 1 heterocycles. The van der Waals surface area contributed by atoms with E-state index < -0.39 is 0 Å². The molecule has 112 valence electrons. The average Bonchev–Trinajstić information content (AvgIpc) is 3.22. The van der Waals surface area contributed by atoms with Crippen LogP contribution in [0.2, 0.25) is 0 Å². The minimum Gasteiger partial charge on any atom is -0.396 e. The molecular weight excluding hydrogens is 266 g/mol. The molecule has 2 saturated carbocycles. The summed E-state index contributed by atoms with van der Waals surface area (Å²) in [6.45, 7) is 1.46. The number of hydrogen-bond acceptors (Lipinski definition) is 3. The van der Waals surface area contributed by atoms with Crippen molar-refractivity contribution in [2.45, 2.75) is 51.0 Å². The zero-order chi connectivity index (χ0) is 13.8. The van der Waals surface area contributed by atoms with E-state index in [1.165, 1.54) is 49.8 Å². The third kappa shape index (κ3) is 3.26. The van der Waals surface area contributed by atoms with E-state index in [-0.39, 0.29) is 0 Å². The van der Waals surface area contributed by atoms with Gasteiger partial charge in [-0.25, -0.2) is 0 Å². The third-order valence-electron chi connectivity index (χ3n) is 5.37. The highest BCUT2D eigenvalue weighted by molar-refractivity contribution is 7.10. The van der Waals surface area contributed by atoms with Crippen LogP contribution >= 0.6 is 11.3 Å². The van der Waals surface area contributed by atoms with Crippen molar-refractivity contribution in [3.63, 3.8) is 0 Å². The molecule has 20 heavy (non-hydrogen) atoms. The Kier molecular flexibility index (Phi) is 5.14. The maximum atomic E-state index is 9.47. The first-order valence-corrected chi connectivity index (χ1v) is 9.14. The van der Waals surface area contributed by atoms with Gasteiger partial charge in [0.25, 0.3) is 0 Å². The van der Waals surface area contributed by atoms with Gasteiger partial charge in [-0.1, -0.05) is 25.3 Å². The minimum absolute atomic E-state index is 0.374. The van der Waals surface area contributed by atoms with Gasteiger partial charge in [0.1, 0.15) is 0 Å². The summed E-state index contributed by atoms with van der Waals surface area (Å²) in [6.07, 6.45) is 9.36. The molecule has 2 nitrogen and oxygen atoms in total. The second-order valence-corrected chi connectivity index (χ2v) is 7.56. The molecule has 0 amide bonds. The Balaban J connectivity index is 1.61. The summed E-state index contributed by atoms with van der Waals surface area (Å²) >= 11 is 1.90. The molecule has 3 atom stereocenters. The van der Waals surface area contributed by atoms with Crippen LogP contribution in [0.3, 0.4) is 0 Å². The van der Waals surface area contributed by atoms with E-state index in [0.717, 1.165) is 12.5 Å². The van der Waals surface area contributed by atoms with Crippen molar-refractivity contribution in [3.8, 4) is 0 Å². The Labute approximate surface area is 126 Å². The van der Waals surface area contributed by atoms with Crippen LogP contribution in [0.1, 0.15) is 55.9 Å². The maximum Gasteiger partial charge on any atom is 0.0462 e. The van der Waals surface area contributed by atoms with Crippen molar-refractivity contribution >= 4 is 11.3 Å². The molecular formula is C17H27NOS. The Morgan fingerprint density at radius 3 is 2.65 bits per heavy atom. The quantitative estimate of drug-likeness (QED) is 0.831. The van der Waals surface area contributed by atoms with Crippen molar-refractivity contribution in [1.29, 1.82) is 0 Å². The molecule has 0 aromatic carbocycles. The van der Waals surface area contributed by atoms with Gasteiger partial charge in [-0.3, -0.25) is 0 Å². The number of aliphatic hydroxyl groups excluding tert-OH is 1. The Morgan fingerprint density at radius 1 is 1.15 bits per heavy atom. The highest BCUT2D eigenvalue weighted by Crippen LogP contribution is 2.38. The van der Waals surface area contributed by atoms with Crippen molar-refractivity contribution in [2.75, 3.05) is 13.2 Å². The van der Waals surface area contributed by atoms with Crippen LogP contribution in [0.4, 0.5) is 0 Å². The SMILES string of the molecule is OCC1CCCC1CNC(c1cccs1)C1CCCC1. The first kappa shape index (κ1) is 14.6. The number of thiophene rings is 1. The number of nitrogens with one attached hydrogen (secondary N) is 1. The molecule has 3 unspecified atom stereocenters. The fourth-order valence-electron chi connectivity index (χ4n) is 4.16. The zero-order valence-electron chi connectivity index (χ0n) is 12.3. The van der Waals surface area contributed by atoms with Gasteiger partial charge in [0.2, 0.25) is 0 Å². The molecule has 0 spiro atoms. The summed E-state index contributed by atoms with van der Waals surface area (Å²) in [5.41, 5.74) is 0. The molecule has 2 aliphatic rings. The van der Waals surface area contributed by atoms with Crippen LogP contribution in [0.25, 0.3) is 0 Å². The van der Waals surface area contributed by atoms with E-state index in [4.69, 9.17) is 0 Å². The summed E-state index contributed by atoms with van der Waals surface area (Å²) in [4.78, 5) is 1.51. The summed E-state index contributed by atoms with van der Waals surface area (Å²) in [5.74, 6) is 2.04. The average molecular weight is 293 g/mol. The standard InChI is InChI=1S/C17H27NOS/c19-12-15-8-3-7-14(15)11-18-17(13-5-1-2-6-13)16-9-4-10-20-16/h4,9-10,13-15,17-19H,1-3,5-8,11-12H2. The molecule has 2 aliphatic carbocycles. The Hall–Kier alpha value is -0.380. The predicted octanol–water partition coefficient (Wildman–Crippen LogP) is 3.98. The van der Waals surface area contributed by atoms with E-state index in [1.807, 2.05) is 11.3 Å². The summed E-state index contributed by atoms with van der Waals surface area (Å²) in [7, 11) is 0. The van der Waals surface area contributed by atoms with Crippen molar-refractivity contribution in [2.24, 2.45) is 17.8 Å². The lowest BCUT2D eigenvalue weighted by atomic mass is 9.93. The topological polar surface area (TPSA) is 32.3 Å². The first-order chi connectivity index (χ1) is 9.88. The van der Waals surface area contributed by atoms with E-state index >= 15 is 0 Å². The van der Waals surface area contributed by atoms with E-state index in [0.29, 0.717) is 24.5 Å². The van der Waals surface area contributed by atoms with Gasteiger partial charge in [-0.15, -0.1) is 11.3 Å². The smallest absolute Gasteiger partial charge is 0.0462 e. The van der Waals surface area contributed by atoms with Gasteiger partial charge in [-0.2, -0.15) is 0 Å². The van der Waals surface area contributed by atoms with Crippen LogP contribution in [-0.4, -0.2) is 18.3 Å². The molecule has 2 fully saturated rings. The highest BCUT2D eigenvalue weighted by Gasteiger charge is 2.30. The third-order valence-corrected chi connectivity index (χ3v) is 6.33. The second kappa shape index (κ2) is 7.06. The molecule has 0 aliphatic heterocycles. The van der Waals surface area contributed by atoms with Crippen molar-refractivity contribution < 1.29 is 5.11 Å². The van der Waals surface area contributed by atoms with Gasteiger partial charge in [0, 0.05) is 17.5 Å². The molecule has 3 heteroatoms. The van der Waals surface area contributed by atoms with Gasteiger partial charge < -0.3 is 10.4 Å². The van der Waals surface area contributed by atoms with Gasteiger partial charge >= 0.3 is 0 Å². The van der Waals surface area contributed by atoms with Gasteiger partial charge in [0.15, 0.2) is 0 Å². The molecule has 0 radical (unpaired) electrons. The lowest BCUT2D eigenvalue weighted by Crippen LogP contribution is -2.33. The number of rotatable bonds is 6. The van der Waals surface area contributed by atoms with Crippen LogP contribution < -0.4 is 5.32 Å². The van der Waals surface area contributed by atoms with E-state index in [9.17, 15) is 5.11 Å². The molecule has 0 saturated heterocycles. The van der Waals surface area contributed by atoms with Crippen molar-refractivity contribution in [1.82, 2.24) is 5.32 Å². The maximum absolute atomic E-state index is 9.47. The Bertz CT molecular complexity index is 386. The van der Waals surface area contributed by atoms with Crippen molar-refractivity contribution in [3.05, 3.63) is 22.4 Å². The molecule has 1 aromatic rings. The number of hydrogen-bond donors (Lipinski definition) is 2. The van der Waals surface area contributed by atoms with E-state index in [1.54, 1.807) is 0 Å². The van der Waals surface area contributed by atoms with Crippen LogP contribution in [0.15, 0.2) is 17.5 Å². The minimum atomic E-state index is 0.374.